The molecule has 2 aromatic carbocycles. The molecular formula is C23H29O6PS. The number of aliphatic hydroxyl groups excluding tert-OH is 1. The number of hydrogen-bond donors (Lipinski definition) is 1. The zero-order valence-electron chi connectivity index (χ0n) is 18.1. The van der Waals surface area contributed by atoms with Gasteiger partial charge in [-0.15, -0.1) is 0 Å². The lowest BCUT2D eigenvalue weighted by atomic mass is 10.1. The van der Waals surface area contributed by atoms with Gasteiger partial charge in [-0.05, 0) is 31.0 Å². The van der Waals surface area contributed by atoms with E-state index in [-0.39, 0.29) is 37.7 Å². The highest BCUT2D eigenvalue weighted by Crippen LogP contribution is 2.43. The number of hydrogen-bond acceptors (Lipinski definition) is 7. The van der Waals surface area contributed by atoms with Gasteiger partial charge >= 0.3 is 5.97 Å². The maximum absolute atomic E-state index is 13.5. The zero-order chi connectivity index (χ0) is 22.6. The molecular weight excluding hydrogens is 435 g/mol. The van der Waals surface area contributed by atoms with E-state index in [2.05, 4.69) is 0 Å². The number of thioether (sulfide) groups is 1. The third-order valence-corrected chi connectivity index (χ3v) is 7.07. The fourth-order valence-corrected chi connectivity index (χ4v) is 5.29. The molecule has 0 saturated carbocycles. The molecule has 1 unspecified atom stereocenters. The molecule has 31 heavy (non-hydrogen) atoms. The molecule has 2 aromatic rings. The summed E-state index contributed by atoms with van der Waals surface area (Å²) in [5.41, 5.74) is 2.23. The average molecular weight is 465 g/mol. The van der Waals surface area contributed by atoms with E-state index in [0.29, 0.717) is 22.8 Å². The van der Waals surface area contributed by atoms with Gasteiger partial charge in [0.15, 0.2) is 0 Å². The van der Waals surface area contributed by atoms with Gasteiger partial charge in [-0.25, -0.2) is 0 Å². The first-order chi connectivity index (χ1) is 15.0. The first kappa shape index (κ1) is 25.3. The monoisotopic (exact) mass is 464 g/mol. The van der Waals surface area contributed by atoms with Crippen molar-refractivity contribution >= 4 is 36.7 Å². The van der Waals surface area contributed by atoms with Gasteiger partial charge in [-0.3, -0.25) is 9.59 Å². The minimum atomic E-state index is -1.63. The van der Waals surface area contributed by atoms with Crippen molar-refractivity contribution < 1.29 is 28.7 Å². The maximum atomic E-state index is 13.5. The number of carbonyl (C=O) groups is 2. The van der Waals surface area contributed by atoms with Crippen molar-refractivity contribution in [1.29, 1.82) is 0 Å². The SMILES string of the molecule is COc1cc(C)cc(C)c1C(=O)P(OCCOC(=O)CCSCCO)c1ccccc1. The molecule has 6 nitrogen and oxygen atoms in total. The van der Waals surface area contributed by atoms with Gasteiger partial charge in [0.2, 0.25) is 5.52 Å². The summed E-state index contributed by atoms with van der Waals surface area (Å²) < 4.78 is 16.7. The van der Waals surface area contributed by atoms with E-state index in [1.807, 2.05) is 56.3 Å². The van der Waals surface area contributed by atoms with Gasteiger partial charge in [-0.2, -0.15) is 11.8 Å². The fourth-order valence-electron chi connectivity index (χ4n) is 2.96. The van der Waals surface area contributed by atoms with Crippen molar-refractivity contribution in [3.63, 3.8) is 0 Å². The Morgan fingerprint density at radius 2 is 1.81 bits per heavy atom. The van der Waals surface area contributed by atoms with Crippen molar-refractivity contribution in [2.24, 2.45) is 0 Å². The molecule has 0 aliphatic rings. The molecule has 0 saturated heterocycles. The van der Waals surface area contributed by atoms with E-state index >= 15 is 0 Å². The Morgan fingerprint density at radius 3 is 2.48 bits per heavy atom. The lowest BCUT2D eigenvalue weighted by Crippen LogP contribution is -2.16. The highest BCUT2D eigenvalue weighted by molar-refractivity contribution is 7.99. The molecule has 0 aliphatic heterocycles. The van der Waals surface area contributed by atoms with Crippen LogP contribution in [0.2, 0.25) is 0 Å². The fraction of sp³-hybridized carbons (Fsp3) is 0.391. The summed E-state index contributed by atoms with van der Waals surface area (Å²) in [4.78, 5) is 25.3. The van der Waals surface area contributed by atoms with E-state index in [0.717, 1.165) is 16.4 Å². The minimum absolute atomic E-state index is 0.0759. The molecule has 1 N–H and O–H groups in total. The molecule has 2 rings (SSSR count). The first-order valence-corrected chi connectivity index (χ1v) is 12.4. The molecule has 0 aromatic heterocycles. The molecule has 0 radical (unpaired) electrons. The third kappa shape index (κ3) is 7.93. The van der Waals surface area contributed by atoms with E-state index in [9.17, 15) is 9.59 Å². The third-order valence-electron chi connectivity index (χ3n) is 4.31. The van der Waals surface area contributed by atoms with Gasteiger partial charge in [0.1, 0.15) is 20.5 Å². The van der Waals surface area contributed by atoms with Crippen molar-refractivity contribution in [2.45, 2.75) is 20.3 Å². The Labute approximate surface area is 189 Å². The van der Waals surface area contributed by atoms with Crippen molar-refractivity contribution in [1.82, 2.24) is 0 Å². The van der Waals surface area contributed by atoms with Crippen LogP contribution in [0.25, 0.3) is 0 Å². The van der Waals surface area contributed by atoms with Crippen LogP contribution in [0, 0.1) is 13.8 Å². The van der Waals surface area contributed by atoms with Gasteiger partial charge in [-0.1, -0.05) is 36.4 Å². The summed E-state index contributed by atoms with van der Waals surface area (Å²) >= 11 is 1.49. The Balaban J connectivity index is 2.06. The van der Waals surface area contributed by atoms with E-state index in [1.54, 1.807) is 7.11 Å². The highest BCUT2D eigenvalue weighted by atomic mass is 32.2. The van der Waals surface area contributed by atoms with Crippen LogP contribution in [0.4, 0.5) is 0 Å². The van der Waals surface area contributed by atoms with Crippen molar-refractivity contribution in [3.8, 4) is 5.75 Å². The molecule has 0 spiro atoms. The van der Waals surface area contributed by atoms with Crippen LogP contribution < -0.4 is 10.0 Å². The van der Waals surface area contributed by atoms with Gasteiger partial charge in [0.25, 0.3) is 0 Å². The van der Waals surface area contributed by atoms with E-state index in [1.165, 1.54) is 11.8 Å². The molecule has 8 heteroatoms. The number of carbonyl (C=O) groups excluding carboxylic acids is 2. The average Bonchev–Trinajstić information content (AvgIpc) is 2.76. The van der Waals surface area contributed by atoms with E-state index < -0.39 is 8.15 Å². The topological polar surface area (TPSA) is 82.1 Å². The number of methoxy groups -OCH3 is 1. The predicted molar refractivity (Wildman–Crippen MR) is 126 cm³/mol. The minimum Gasteiger partial charge on any atom is -0.496 e. The number of esters is 1. The van der Waals surface area contributed by atoms with Gasteiger partial charge < -0.3 is 19.1 Å². The molecule has 0 aliphatic carbocycles. The van der Waals surface area contributed by atoms with Crippen molar-refractivity contribution in [2.75, 3.05) is 38.4 Å². The van der Waals surface area contributed by atoms with Crippen LogP contribution >= 0.6 is 19.9 Å². The second-order valence-electron chi connectivity index (χ2n) is 6.73. The molecule has 168 valence electrons. The summed E-state index contributed by atoms with van der Waals surface area (Å²) in [6.07, 6.45) is 0.275. The standard InChI is InChI=1S/C23H29O6PS/c1-17-15-18(2)22(20(16-17)27-3)23(26)30(19-7-5-4-6-8-19)29-12-11-28-21(25)9-13-31-14-10-24/h4-8,15-16,24H,9-14H2,1-3H3. The van der Waals surface area contributed by atoms with E-state index in [4.69, 9.17) is 19.1 Å². The number of benzene rings is 2. The van der Waals surface area contributed by atoms with Crippen LogP contribution in [0.1, 0.15) is 27.9 Å². The van der Waals surface area contributed by atoms with Gasteiger partial charge in [0.05, 0.1) is 32.3 Å². The number of ether oxygens (including phenoxy) is 2. The maximum Gasteiger partial charge on any atom is 0.306 e. The first-order valence-electron chi connectivity index (χ1n) is 9.99. The number of rotatable bonds is 13. The van der Waals surface area contributed by atoms with Crippen LogP contribution in [0.15, 0.2) is 42.5 Å². The lowest BCUT2D eigenvalue weighted by molar-refractivity contribution is -0.143. The Morgan fingerprint density at radius 1 is 1.06 bits per heavy atom. The molecule has 0 amide bonds. The molecule has 0 bridgehead atoms. The van der Waals surface area contributed by atoms with Gasteiger partial charge in [0, 0.05) is 16.8 Å². The largest absolute Gasteiger partial charge is 0.496 e. The summed E-state index contributed by atoms with van der Waals surface area (Å²) in [5.74, 6) is 1.41. The second kappa shape index (κ2) is 13.5. The molecule has 1 atom stereocenters. The summed E-state index contributed by atoms with van der Waals surface area (Å²) in [5, 5.41) is 9.54. The summed E-state index contributed by atoms with van der Waals surface area (Å²) in [6.45, 7) is 4.13. The van der Waals surface area contributed by atoms with Crippen molar-refractivity contribution in [3.05, 3.63) is 59.2 Å². The van der Waals surface area contributed by atoms with Crippen LogP contribution in [0.3, 0.4) is 0 Å². The zero-order valence-corrected chi connectivity index (χ0v) is 19.8. The Bertz CT molecular complexity index is 859. The van der Waals surface area contributed by atoms with Crippen LogP contribution in [-0.4, -0.2) is 55.0 Å². The quantitative estimate of drug-likeness (QED) is 0.274. The normalized spacial score (nSPS) is 11.7. The summed E-state index contributed by atoms with van der Waals surface area (Å²) in [7, 11) is -0.0794. The highest BCUT2D eigenvalue weighted by Gasteiger charge is 2.28. The number of aliphatic hydroxyl groups is 1. The second-order valence-corrected chi connectivity index (χ2v) is 9.73. The van der Waals surface area contributed by atoms with Crippen LogP contribution in [0.5, 0.6) is 5.75 Å². The Hall–Kier alpha value is -1.92. The summed E-state index contributed by atoms with van der Waals surface area (Å²) in [6, 6.07) is 13.1. The smallest absolute Gasteiger partial charge is 0.306 e. The number of aryl methyl sites for hydroxylation is 2. The molecule has 0 heterocycles. The lowest BCUT2D eigenvalue weighted by Gasteiger charge is -2.20. The van der Waals surface area contributed by atoms with Crippen LogP contribution in [-0.2, 0) is 14.1 Å². The Kier molecular flexibility index (Phi) is 11.0. The molecule has 0 fully saturated rings. The predicted octanol–water partition coefficient (Wildman–Crippen LogP) is 3.85.